The van der Waals surface area contributed by atoms with E-state index in [2.05, 4.69) is 352 Å². The molecule has 0 radical (unpaired) electrons. The van der Waals surface area contributed by atoms with E-state index in [1.165, 1.54) is 82.0 Å². The summed E-state index contributed by atoms with van der Waals surface area (Å²) in [4.78, 5) is 32.0. The van der Waals surface area contributed by atoms with Crippen LogP contribution in [0.2, 0.25) is 0 Å². The fourth-order valence-electron chi connectivity index (χ4n) is 16.2. The van der Waals surface area contributed by atoms with E-state index in [0.717, 1.165) is 105 Å². The second-order valence-corrected chi connectivity index (χ2v) is 28.6. The number of benzene rings is 17. The van der Waals surface area contributed by atoms with E-state index in [4.69, 9.17) is 29.9 Å². The smallest absolute Gasteiger partial charge is 0.164 e. The first-order chi connectivity index (χ1) is 53.4. The number of aromatic nitrogens is 6. The first-order valence-electron chi connectivity index (χ1n) is 36.9. The number of hydrogen-bond donors (Lipinski definition) is 0. The van der Waals surface area contributed by atoms with E-state index >= 15 is 0 Å². The summed E-state index contributed by atoms with van der Waals surface area (Å²) in [6, 6.07) is 123. The van der Waals surface area contributed by atoms with Crippen LogP contribution in [0.3, 0.4) is 0 Å². The second kappa shape index (κ2) is 25.9. The molecule has 6 heteroatoms. The van der Waals surface area contributed by atoms with Crippen LogP contribution in [0, 0.1) is 5.92 Å². The quantitative estimate of drug-likeness (QED) is 0.120. The zero-order valence-corrected chi connectivity index (χ0v) is 58.7. The summed E-state index contributed by atoms with van der Waals surface area (Å²) < 4.78 is 0. The topological polar surface area (TPSA) is 77.3 Å². The molecule has 2 aromatic heterocycles. The molecular formula is C102H64N6. The van der Waals surface area contributed by atoms with Crippen LogP contribution in [0.15, 0.2) is 364 Å². The molecule has 0 amide bonds. The Morgan fingerprint density at radius 1 is 0.213 bits per heavy atom. The fourth-order valence-corrected chi connectivity index (χ4v) is 16.2. The van der Waals surface area contributed by atoms with Gasteiger partial charge in [0, 0.05) is 39.3 Å². The van der Waals surface area contributed by atoms with E-state index in [9.17, 15) is 0 Å². The van der Waals surface area contributed by atoms with Crippen molar-refractivity contribution in [1.82, 2.24) is 29.9 Å². The Morgan fingerprint density at radius 3 is 1.08 bits per heavy atom. The molecule has 108 heavy (non-hydrogen) atoms. The van der Waals surface area contributed by atoms with E-state index < -0.39 is 0 Å². The third kappa shape index (κ3) is 11.5. The van der Waals surface area contributed by atoms with Gasteiger partial charge in [0.25, 0.3) is 0 Å². The van der Waals surface area contributed by atoms with Gasteiger partial charge in [0.1, 0.15) is 0 Å². The highest BCUT2D eigenvalue weighted by Crippen LogP contribution is 2.43. The number of allylic oxidation sites excluding steroid dienone is 5. The van der Waals surface area contributed by atoms with E-state index in [1.54, 1.807) is 0 Å². The predicted molar refractivity (Wildman–Crippen MR) is 450 cm³/mol. The van der Waals surface area contributed by atoms with Crippen molar-refractivity contribution in [2.24, 2.45) is 5.92 Å². The van der Waals surface area contributed by atoms with Crippen molar-refractivity contribution in [3.63, 3.8) is 0 Å². The summed E-state index contributed by atoms with van der Waals surface area (Å²) in [7, 11) is 0. The highest BCUT2D eigenvalue weighted by atomic mass is 15.0. The molecule has 0 saturated heterocycles. The second-order valence-electron chi connectivity index (χ2n) is 28.6. The SMILES string of the molecule is C1=CCC2C=Cc3ccc(-c4nc(-c5cccc(-c6ccc7cc(-c8ccc9ccccc9c8)ccc7c6)c5)nc(-c5ccc6cc(-c7ccc8c(-c9nc(-c%10ccccc%10)nc(-c%10cccc(-c%11ccc%12cc(-c%13ccc%14ccccc%14c%13)ccc%12c%11)c%10)n9)cc9ccccc9c8c7)ccc6c5)n4)cc3C2=C1. The van der Waals surface area contributed by atoms with Crippen LogP contribution >= 0.6 is 0 Å². The third-order valence-corrected chi connectivity index (χ3v) is 21.9. The Balaban J connectivity index is 0.616. The van der Waals surface area contributed by atoms with Crippen LogP contribution in [-0.4, -0.2) is 29.9 Å². The molecule has 21 rings (SSSR count). The third-order valence-electron chi connectivity index (χ3n) is 21.9. The lowest BCUT2D eigenvalue weighted by atomic mass is 9.80. The Bertz CT molecular complexity index is 7050. The van der Waals surface area contributed by atoms with E-state index in [-0.39, 0.29) is 0 Å². The maximum atomic E-state index is 5.41. The molecule has 17 aromatic carbocycles. The van der Waals surface area contributed by atoms with Crippen molar-refractivity contribution in [1.29, 1.82) is 0 Å². The summed E-state index contributed by atoms with van der Waals surface area (Å²) in [5.41, 5.74) is 20.7. The average molecular weight is 1370 g/mol. The molecule has 1 atom stereocenters. The Kier molecular flexibility index (Phi) is 15.0. The van der Waals surface area contributed by atoms with Crippen molar-refractivity contribution in [2.75, 3.05) is 0 Å². The Hall–Kier alpha value is -14.2. The van der Waals surface area contributed by atoms with Crippen LogP contribution in [-0.2, 0) is 0 Å². The summed E-state index contributed by atoms with van der Waals surface area (Å²) in [5, 5.41) is 16.3. The van der Waals surface area contributed by atoms with Crippen molar-refractivity contribution >= 4 is 87.1 Å². The minimum atomic E-state index is 0.341. The number of rotatable bonds is 11. The molecule has 0 saturated carbocycles. The summed E-state index contributed by atoms with van der Waals surface area (Å²) in [6.07, 6.45) is 12.3. The lowest BCUT2D eigenvalue weighted by Crippen LogP contribution is -2.08. The van der Waals surface area contributed by atoms with Crippen molar-refractivity contribution in [3.05, 3.63) is 375 Å². The molecule has 6 nitrogen and oxygen atoms in total. The molecule has 1 unspecified atom stereocenters. The summed E-state index contributed by atoms with van der Waals surface area (Å²) >= 11 is 0. The molecule has 502 valence electrons. The van der Waals surface area contributed by atoms with E-state index in [0.29, 0.717) is 40.9 Å². The minimum absolute atomic E-state index is 0.341. The molecule has 2 aliphatic carbocycles. The average Bonchev–Trinajstić information content (AvgIpc) is 0.749. The molecule has 0 spiro atoms. The zero-order chi connectivity index (χ0) is 71.2. The summed E-state index contributed by atoms with van der Waals surface area (Å²) in [5.74, 6) is 4.00. The number of fused-ring (bicyclic) bond motifs is 11. The number of nitrogens with zero attached hydrogens (tertiary/aromatic N) is 6. The first kappa shape index (κ1) is 62.4. The lowest BCUT2D eigenvalue weighted by Gasteiger charge is -2.25. The van der Waals surface area contributed by atoms with Gasteiger partial charge in [-0.25, -0.2) is 29.9 Å². The van der Waals surface area contributed by atoms with Gasteiger partial charge in [-0.15, -0.1) is 0 Å². The van der Waals surface area contributed by atoms with E-state index in [1.807, 2.05) is 18.2 Å². The monoisotopic (exact) mass is 1370 g/mol. The zero-order valence-electron chi connectivity index (χ0n) is 58.7. The standard InChI is InChI=1S/C102H64N6/c1-2-17-67(18-3-1)97-103-99(88-25-13-23-71(58-88)73-36-38-81-55-79(42-40-77(81)53-73)75-34-29-64-15-5-7-20-69(64)51-75)108-102(107-97)96-61-86-21-9-11-27-92(86)95-60-85(48-49-93(95)96)83-43-44-84-59-89(47-45-82(84)56-83)100-104-98(105-101(106-100)90-46-32-66-31-30-65-16-8-10-26-91(65)94(66)62-90)87-24-12-22-70(57-87)72-35-37-80-54-78(41-39-76(80)52-72)74-33-28-63-14-4-6-19-68(63)50-74/h1-15,17-62,65H,16H2. The van der Waals surface area contributed by atoms with Gasteiger partial charge >= 0.3 is 0 Å². The normalized spacial score (nSPS) is 13.2. The fraction of sp³-hybridized carbons (Fsp3) is 0.0196. The minimum Gasteiger partial charge on any atom is -0.208 e. The first-order valence-corrected chi connectivity index (χ1v) is 36.9. The predicted octanol–water partition coefficient (Wildman–Crippen LogP) is 26.5. The highest BCUT2D eigenvalue weighted by molar-refractivity contribution is 6.15. The largest absolute Gasteiger partial charge is 0.208 e. The van der Waals surface area contributed by atoms with Crippen LogP contribution in [0.1, 0.15) is 17.5 Å². The maximum Gasteiger partial charge on any atom is 0.164 e. The van der Waals surface area contributed by atoms with Crippen LogP contribution in [0.25, 0.3) is 211 Å². The van der Waals surface area contributed by atoms with Crippen molar-refractivity contribution < 1.29 is 0 Å². The van der Waals surface area contributed by atoms with Crippen molar-refractivity contribution in [2.45, 2.75) is 6.42 Å². The van der Waals surface area contributed by atoms with Gasteiger partial charge in [0.2, 0.25) is 0 Å². The molecule has 0 bridgehead atoms. The molecule has 2 aliphatic rings. The van der Waals surface area contributed by atoms with Gasteiger partial charge in [0.05, 0.1) is 0 Å². The Morgan fingerprint density at radius 2 is 0.565 bits per heavy atom. The van der Waals surface area contributed by atoms with Gasteiger partial charge in [0.15, 0.2) is 34.9 Å². The number of hydrogen-bond acceptors (Lipinski definition) is 6. The Labute approximate surface area is 624 Å². The summed E-state index contributed by atoms with van der Waals surface area (Å²) in [6.45, 7) is 0. The van der Waals surface area contributed by atoms with Crippen molar-refractivity contribution in [3.8, 4) is 124 Å². The lowest BCUT2D eigenvalue weighted by molar-refractivity contribution is 0.842. The molecule has 2 heterocycles. The van der Waals surface area contributed by atoms with Crippen LogP contribution in [0.5, 0.6) is 0 Å². The molecule has 0 aliphatic heterocycles. The maximum absolute atomic E-state index is 5.41. The molecular weight excluding hydrogens is 1310 g/mol. The van der Waals surface area contributed by atoms with Gasteiger partial charge in [-0.1, -0.05) is 291 Å². The van der Waals surface area contributed by atoms with Crippen LogP contribution in [0.4, 0.5) is 0 Å². The van der Waals surface area contributed by atoms with Crippen LogP contribution < -0.4 is 0 Å². The van der Waals surface area contributed by atoms with Gasteiger partial charge in [-0.3, -0.25) is 0 Å². The molecule has 0 N–H and O–H groups in total. The highest BCUT2D eigenvalue weighted by Gasteiger charge is 2.24. The molecule has 0 fully saturated rings. The molecule has 19 aromatic rings. The van der Waals surface area contributed by atoms with Gasteiger partial charge in [-0.05, 0) is 233 Å². The van der Waals surface area contributed by atoms with Gasteiger partial charge in [-0.2, -0.15) is 0 Å². The van der Waals surface area contributed by atoms with Gasteiger partial charge < -0.3 is 0 Å².